The van der Waals surface area contributed by atoms with Gasteiger partial charge >= 0.3 is 0 Å². The summed E-state index contributed by atoms with van der Waals surface area (Å²) in [5.74, 6) is 0.168. The van der Waals surface area contributed by atoms with E-state index >= 15 is 0 Å². The van der Waals surface area contributed by atoms with Crippen molar-refractivity contribution in [2.24, 2.45) is 0 Å². The zero-order valence-electron chi connectivity index (χ0n) is 11.6. The van der Waals surface area contributed by atoms with Crippen LogP contribution in [0.2, 0.25) is 0 Å². The van der Waals surface area contributed by atoms with Gasteiger partial charge in [-0.05, 0) is 37.4 Å². The molecule has 0 aliphatic rings. The van der Waals surface area contributed by atoms with E-state index in [1.807, 2.05) is 24.1 Å². The number of nitrogens with one attached hydrogen (secondary N) is 1. The second-order valence-corrected chi connectivity index (χ2v) is 5.66. The van der Waals surface area contributed by atoms with Gasteiger partial charge in [0.1, 0.15) is 11.6 Å². The van der Waals surface area contributed by atoms with Crippen LogP contribution in [0.4, 0.5) is 10.1 Å². The van der Waals surface area contributed by atoms with E-state index in [1.165, 1.54) is 12.1 Å². The minimum Gasteiger partial charge on any atom is -0.468 e. The van der Waals surface area contributed by atoms with Crippen LogP contribution in [-0.2, 0) is 11.3 Å². The van der Waals surface area contributed by atoms with E-state index in [-0.39, 0.29) is 18.0 Å². The number of hydrogen-bond donors (Lipinski definition) is 1. The summed E-state index contributed by atoms with van der Waals surface area (Å²) in [5, 5.41) is 2.57. The van der Waals surface area contributed by atoms with Crippen LogP contribution in [0.25, 0.3) is 0 Å². The quantitative estimate of drug-likeness (QED) is 0.861. The van der Waals surface area contributed by atoms with Crippen molar-refractivity contribution < 1.29 is 13.6 Å². The molecule has 0 radical (unpaired) electrons. The molecule has 2 aromatic rings. The summed E-state index contributed by atoms with van der Waals surface area (Å²) < 4.78 is 19.5. The Kier molecular flexibility index (Phi) is 5.52. The van der Waals surface area contributed by atoms with Gasteiger partial charge in [-0.3, -0.25) is 9.69 Å². The standard InChI is InChI=1S/C15H16BrFN2O2/c1-19(10-12-3-2-8-21-12)7-6-15(20)18-14-5-4-11(16)9-13(14)17/h2-5,8-9H,6-7,10H2,1H3,(H,18,20). The molecule has 1 aromatic heterocycles. The first kappa shape index (κ1) is 15.7. The number of rotatable bonds is 6. The number of carbonyl (C=O) groups is 1. The Bertz CT molecular complexity index is 602. The molecule has 0 bridgehead atoms. The molecule has 112 valence electrons. The highest BCUT2D eigenvalue weighted by molar-refractivity contribution is 9.10. The van der Waals surface area contributed by atoms with Gasteiger partial charge in [0.15, 0.2) is 0 Å². The highest BCUT2D eigenvalue weighted by atomic mass is 79.9. The molecule has 0 spiro atoms. The Morgan fingerprint density at radius 3 is 2.90 bits per heavy atom. The molecule has 4 nitrogen and oxygen atoms in total. The van der Waals surface area contributed by atoms with Crippen LogP contribution in [0, 0.1) is 5.82 Å². The van der Waals surface area contributed by atoms with Crippen molar-refractivity contribution in [3.63, 3.8) is 0 Å². The van der Waals surface area contributed by atoms with E-state index in [0.717, 1.165) is 5.76 Å². The minimum absolute atomic E-state index is 0.192. The van der Waals surface area contributed by atoms with Gasteiger partial charge in [-0.2, -0.15) is 0 Å². The van der Waals surface area contributed by atoms with Crippen LogP contribution in [0.5, 0.6) is 0 Å². The Hall–Kier alpha value is -1.66. The predicted octanol–water partition coefficient (Wildman–Crippen LogP) is 3.64. The fraction of sp³-hybridized carbons (Fsp3) is 0.267. The molecule has 0 aliphatic carbocycles. The summed E-state index contributed by atoms with van der Waals surface area (Å²) in [5.41, 5.74) is 0.192. The average Bonchev–Trinajstić information content (AvgIpc) is 2.92. The van der Waals surface area contributed by atoms with E-state index in [2.05, 4.69) is 21.2 Å². The normalized spacial score (nSPS) is 10.9. The lowest BCUT2D eigenvalue weighted by Gasteiger charge is -2.14. The molecule has 6 heteroatoms. The first-order valence-electron chi connectivity index (χ1n) is 6.50. The predicted molar refractivity (Wildman–Crippen MR) is 82.4 cm³/mol. The monoisotopic (exact) mass is 354 g/mol. The van der Waals surface area contributed by atoms with Gasteiger partial charge in [0.05, 0.1) is 18.5 Å². The first-order valence-corrected chi connectivity index (χ1v) is 7.30. The highest BCUT2D eigenvalue weighted by Gasteiger charge is 2.09. The lowest BCUT2D eigenvalue weighted by molar-refractivity contribution is -0.116. The number of carbonyl (C=O) groups excluding carboxylic acids is 1. The van der Waals surface area contributed by atoms with E-state index < -0.39 is 5.82 Å². The van der Waals surface area contributed by atoms with Crippen LogP contribution >= 0.6 is 15.9 Å². The minimum atomic E-state index is -0.457. The summed E-state index contributed by atoms with van der Waals surface area (Å²) in [7, 11) is 1.90. The van der Waals surface area contributed by atoms with Crippen molar-refractivity contribution in [2.75, 3.05) is 18.9 Å². The Labute approximate surface area is 131 Å². The molecule has 0 aliphatic heterocycles. The Balaban J connectivity index is 1.79. The van der Waals surface area contributed by atoms with E-state index in [9.17, 15) is 9.18 Å². The lowest BCUT2D eigenvalue weighted by Crippen LogP contribution is -2.24. The summed E-state index contributed by atoms with van der Waals surface area (Å²) in [6.45, 7) is 1.19. The van der Waals surface area contributed by atoms with E-state index in [1.54, 1.807) is 12.3 Å². The molecule has 1 aromatic carbocycles. The molecule has 2 rings (SSSR count). The topological polar surface area (TPSA) is 45.5 Å². The molecular weight excluding hydrogens is 339 g/mol. The zero-order valence-corrected chi connectivity index (χ0v) is 13.2. The lowest BCUT2D eigenvalue weighted by atomic mass is 10.3. The van der Waals surface area contributed by atoms with Crippen molar-refractivity contribution in [3.05, 3.63) is 52.6 Å². The maximum Gasteiger partial charge on any atom is 0.225 e. The zero-order chi connectivity index (χ0) is 15.2. The molecule has 21 heavy (non-hydrogen) atoms. The number of benzene rings is 1. The first-order chi connectivity index (χ1) is 10.0. The number of amides is 1. The second-order valence-electron chi connectivity index (χ2n) is 4.74. The molecule has 0 saturated heterocycles. The number of halogens is 2. The van der Waals surface area contributed by atoms with Crippen LogP contribution in [0.3, 0.4) is 0 Å². The number of nitrogens with zero attached hydrogens (tertiary/aromatic N) is 1. The molecule has 1 amide bonds. The van der Waals surface area contributed by atoms with Crippen LogP contribution < -0.4 is 5.32 Å². The Morgan fingerprint density at radius 1 is 1.43 bits per heavy atom. The van der Waals surface area contributed by atoms with Crippen molar-refractivity contribution in [3.8, 4) is 0 Å². The van der Waals surface area contributed by atoms with Gasteiger partial charge in [-0.15, -0.1) is 0 Å². The molecule has 0 atom stereocenters. The Morgan fingerprint density at radius 2 is 2.24 bits per heavy atom. The van der Waals surface area contributed by atoms with Crippen molar-refractivity contribution >= 4 is 27.5 Å². The van der Waals surface area contributed by atoms with Gasteiger partial charge in [0.2, 0.25) is 5.91 Å². The van der Waals surface area contributed by atoms with Crippen molar-refractivity contribution in [1.29, 1.82) is 0 Å². The van der Waals surface area contributed by atoms with E-state index in [4.69, 9.17) is 4.42 Å². The largest absolute Gasteiger partial charge is 0.468 e. The second kappa shape index (κ2) is 7.38. The van der Waals surface area contributed by atoms with Gasteiger partial charge in [-0.25, -0.2) is 4.39 Å². The molecule has 0 unspecified atom stereocenters. The maximum atomic E-state index is 13.6. The molecule has 0 fully saturated rings. The fourth-order valence-electron chi connectivity index (χ4n) is 1.84. The van der Waals surface area contributed by atoms with Crippen molar-refractivity contribution in [2.45, 2.75) is 13.0 Å². The summed E-state index contributed by atoms with van der Waals surface area (Å²) in [6.07, 6.45) is 1.90. The molecular formula is C15H16BrFN2O2. The van der Waals surface area contributed by atoms with Gasteiger partial charge in [0, 0.05) is 17.4 Å². The van der Waals surface area contributed by atoms with Crippen molar-refractivity contribution in [1.82, 2.24) is 4.90 Å². The number of hydrogen-bond acceptors (Lipinski definition) is 3. The summed E-state index contributed by atoms with van der Waals surface area (Å²) in [4.78, 5) is 13.8. The average molecular weight is 355 g/mol. The third kappa shape index (κ3) is 4.99. The number of anilines is 1. The molecule has 1 heterocycles. The van der Waals surface area contributed by atoms with Gasteiger partial charge < -0.3 is 9.73 Å². The molecule has 1 N–H and O–H groups in total. The van der Waals surface area contributed by atoms with Crippen LogP contribution in [-0.4, -0.2) is 24.4 Å². The SMILES string of the molecule is CN(CCC(=O)Nc1ccc(Br)cc1F)Cc1ccco1. The maximum absolute atomic E-state index is 13.6. The third-order valence-electron chi connectivity index (χ3n) is 2.93. The van der Waals surface area contributed by atoms with Crippen LogP contribution in [0.15, 0.2) is 45.5 Å². The molecule has 0 saturated carbocycles. The fourth-order valence-corrected chi connectivity index (χ4v) is 2.18. The number of furan rings is 1. The highest BCUT2D eigenvalue weighted by Crippen LogP contribution is 2.19. The van der Waals surface area contributed by atoms with E-state index in [0.29, 0.717) is 17.6 Å². The smallest absolute Gasteiger partial charge is 0.225 e. The summed E-state index contributed by atoms with van der Waals surface area (Å²) >= 11 is 3.17. The van der Waals surface area contributed by atoms with Gasteiger partial charge in [-0.1, -0.05) is 15.9 Å². The summed E-state index contributed by atoms with van der Waals surface area (Å²) in [6, 6.07) is 8.24. The van der Waals surface area contributed by atoms with Crippen LogP contribution in [0.1, 0.15) is 12.2 Å². The van der Waals surface area contributed by atoms with Gasteiger partial charge in [0.25, 0.3) is 0 Å². The third-order valence-corrected chi connectivity index (χ3v) is 3.42.